The van der Waals surface area contributed by atoms with Gasteiger partial charge in [0.25, 0.3) is 0 Å². The minimum Gasteiger partial charge on any atom is -0.340 e. The number of fused-ring (bicyclic) bond motifs is 3. The molecule has 0 bridgehead atoms. The lowest BCUT2D eigenvalue weighted by atomic mass is 9.95. The number of hydrogen-bond acceptors (Lipinski definition) is 4. The van der Waals surface area contributed by atoms with Gasteiger partial charge in [0, 0.05) is 38.3 Å². The molecule has 30 heavy (non-hydrogen) atoms. The lowest BCUT2D eigenvalue weighted by molar-refractivity contribution is -0.137. The van der Waals surface area contributed by atoms with Crippen molar-refractivity contribution in [3.8, 4) is 0 Å². The Morgan fingerprint density at radius 1 is 1.07 bits per heavy atom. The van der Waals surface area contributed by atoms with E-state index in [4.69, 9.17) is 4.99 Å². The van der Waals surface area contributed by atoms with Crippen LogP contribution >= 0.6 is 0 Å². The predicted octanol–water partition coefficient (Wildman–Crippen LogP) is 5.17. The first-order chi connectivity index (χ1) is 14.3. The number of alkyl halides is 3. The van der Waals surface area contributed by atoms with Crippen molar-refractivity contribution in [2.75, 3.05) is 32.7 Å². The second-order valence-corrected chi connectivity index (χ2v) is 8.18. The molecule has 1 fully saturated rings. The van der Waals surface area contributed by atoms with E-state index in [2.05, 4.69) is 35.9 Å². The molecule has 0 spiro atoms. The molecule has 0 aromatic heterocycles. The Hall–Kier alpha value is -2.28. The highest BCUT2D eigenvalue weighted by molar-refractivity contribution is 5.98. The van der Waals surface area contributed by atoms with Crippen molar-refractivity contribution >= 4 is 17.3 Å². The number of nitrogens with zero attached hydrogens (tertiary/aromatic N) is 3. The zero-order chi connectivity index (χ0) is 21.5. The number of aliphatic imine (C=N–C) groups is 1. The Morgan fingerprint density at radius 3 is 2.40 bits per heavy atom. The van der Waals surface area contributed by atoms with E-state index in [0.29, 0.717) is 5.69 Å². The summed E-state index contributed by atoms with van der Waals surface area (Å²) in [4.78, 5) is 9.28. The summed E-state index contributed by atoms with van der Waals surface area (Å²) in [6.45, 7) is 10.5. The normalized spacial score (nSPS) is 20.1. The van der Waals surface area contributed by atoms with Crippen LogP contribution in [0.25, 0.3) is 5.70 Å². The Balaban J connectivity index is 1.92. The molecule has 1 saturated heterocycles. The lowest BCUT2D eigenvalue weighted by Crippen LogP contribution is -2.52. The van der Waals surface area contributed by atoms with Crippen LogP contribution in [0.15, 0.2) is 39.9 Å². The quantitative estimate of drug-likeness (QED) is 0.673. The standard InChI is InChI=1S/C23H29F3N4/c1-4-16-12-15(3)17(5-2)14-30-21(16)19-7-6-18(23(24,25)26)13-20(19)28-22(30)29-10-8-27-9-11-29/h6-7,13,27H,4-5,8-12,14H2,1-3H3. The summed E-state index contributed by atoms with van der Waals surface area (Å²) in [7, 11) is 0. The van der Waals surface area contributed by atoms with E-state index in [1.807, 2.05) is 0 Å². The summed E-state index contributed by atoms with van der Waals surface area (Å²) in [5.74, 6) is 0.782. The third-order valence-electron chi connectivity index (χ3n) is 6.33. The Labute approximate surface area is 176 Å². The third kappa shape index (κ3) is 3.75. The van der Waals surface area contributed by atoms with Crippen molar-refractivity contribution in [2.24, 2.45) is 4.99 Å². The average molecular weight is 419 g/mol. The SMILES string of the molecule is CCC1=C(C)CC(CC)=C2c3ccc(C(F)(F)F)cc3N=C(N3CCNCC3)N2C1. The molecule has 162 valence electrons. The topological polar surface area (TPSA) is 30.9 Å². The first-order valence-corrected chi connectivity index (χ1v) is 10.8. The van der Waals surface area contributed by atoms with Gasteiger partial charge in [-0.2, -0.15) is 13.2 Å². The Morgan fingerprint density at radius 2 is 1.77 bits per heavy atom. The van der Waals surface area contributed by atoms with Gasteiger partial charge in [0.15, 0.2) is 0 Å². The number of rotatable bonds is 2. The van der Waals surface area contributed by atoms with Crippen molar-refractivity contribution < 1.29 is 13.2 Å². The average Bonchev–Trinajstić information content (AvgIpc) is 2.88. The van der Waals surface area contributed by atoms with Crippen LogP contribution in [0.4, 0.5) is 18.9 Å². The second kappa shape index (κ2) is 8.10. The number of allylic oxidation sites excluding steroid dienone is 2. The van der Waals surface area contributed by atoms with Gasteiger partial charge in [-0.25, -0.2) is 4.99 Å². The predicted molar refractivity (Wildman–Crippen MR) is 115 cm³/mol. The van der Waals surface area contributed by atoms with Gasteiger partial charge in [-0.15, -0.1) is 0 Å². The molecule has 4 rings (SSSR count). The Bertz CT molecular complexity index is 921. The maximum atomic E-state index is 13.4. The number of halogens is 3. The summed E-state index contributed by atoms with van der Waals surface area (Å²) < 4.78 is 40.2. The smallest absolute Gasteiger partial charge is 0.340 e. The van der Waals surface area contributed by atoms with Crippen LogP contribution in [-0.2, 0) is 6.18 Å². The van der Waals surface area contributed by atoms with Gasteiger partial charge in [0.1, 0.15) is 0 Å². The van der Waals surface area contributed by atoms with Crippen LogP contribution in [0, 0.1) is 0 Å². The molecule has 0 radical (unpaired) electrons. The third-order valence-corrected chi connectivity index (χ3v) is 6.33. The second-order valence-electron chi connectivity index (χ2n) is 8.18. The summed E-state index contributed by atoms with van der Waals surface area (Å²) in [6, 6.07) is 4.01. The molecule has 0 unspecified atom stereocenters. The number of piperazine rings is 1. The van der Waals surface area contributed by atoms with Gasteiger partial charge in [-0.1, -0.05) is 31.1 Å². The van der Waals surface area contributed by atoms with Gasteiger partial charge in [0.2, 0.25) is 5.96 Å². The summed E-state index contributed by atoms with van der Waals surface area (Å²) in [5.41, 5.74) is 5.65. The fraction of sp³-hybridized carbons (Fsp3) is 0.522. The Kier molecular flexibility index (Phi) is 5.66. The fourth-order valence-corrected chi connectivity index (χ4v) is 4.61. The molecule has 3 aliphatic rings. The fourth-order valence-electron chi connectivity index (χ4n) is 4.61. The van der Waals surface area contributed by atoms with Crippen LogP contribution in [0.2, 0.25) is 0 Å². The maximum Gasteiger partial charge on any atom is 0.416 e. The highest BCUT2D eigenvalue weighted by Gasteiger charge is 2.36. The van der Waals surface area contributed by atoms with E-state index in [1.54, 1.807) is 6.07 Å². The van der Waals surface area contributed by atoms with Gasteiger partial charge in [0.05, 0.1) is 16.9 Å². The summed E-state index contributed by atoms with van der Waals surface area (Å²) in [5, 5.41) is 3.35. The molecule has 1 aromatic carbocycles. The lowest BCUT2D eigenvalue weighted by Gasteiger charge is -2.41. The molecule has 1 N–H and O–H groups in total. The minimum absolute atomic E-state index is 0.424. The van der Waals surface area contributed by atoms with E-state index in [9.17, 15) is 13.2 Å². The molecule has 3 aliphatic heterocycles. The van der Waals surface area contributed by atoms with Crippen LogP contribution in [-0.4, -0.2) is 48.5 Å². The van der Waals surface area contributed by atoms with Crippen LogP contribution < -0.4 is 5.32 Å². The van der Waals surface area contributed by atoms with Crippen LogP contribution in [0.1, 0.15) is 51.2 Å². The van der Waals surface area contributed by atoms with Crippen molar-refractivity contribution in [2.45, 2.75) is 46.2 Å². The van der Waals surface area contributed by atoms with E-state index in [0.717, 1.165) is 69.2 Å². The molecule has 1 aromatic rings. The number of hydrogen-bond donors (Lipinski definition) is 1. The van der Waals surface area contributed by atoms with Gasteiger partial charge in [-0.05, 0) is 43.9 Å². The summed E-state index contributed by atoms with van der Waals surface area (Å²) >= 11 is 0. The van der Waals surface area contributed by atoms with E-state index in [-0.39, 0.29) is 0 Å². The zero-order valence-corrected chi connectivity index (χ0v) is 17.9. The van der Waals surface area contributed by atoms with E-state index < -0.39 is 11.7 Å². The van der Waals surface area contributed by atoms with E-state index >= 15 is 0 Å². The monoisotopic (exact) mass is 418 g/mol. The maximum absolute atomic E-state index is 13.4. The molecule has 4 nitrogen and oxygen atoms in total. The molecule has 3 heterocycles. The van der Waals surface area contributed by atoms with Crippen LogP contribution in [0.3, 0.4) is 0 Å². The number of guanidine groups is 1. The van der Waals surface area contributed by atoms with Crippen molar-refractivity contribution in [3.63, 3.8) is 0 Å². The molecule has 0 saturated carbocycles. The minimum atomic E-state index is -4.38. The molecule has 0 amide bonds. The number of benzene rings is 1. The van der Waals surface area contributed by atoms with Gasteiger partial charge in [-0.3, -0.25) is 0 Å². The highest BCUT2D eigenvalue weighted by Crippen LogP contribution is 2.44. The summed E-state index contributed by atoms with van der Waals surface area (Å²) in [6.07, 6.45) is -1.70. The molecule has 7 heteroatoms. The van der Waals surface area contributed by atoms with Crippen molar-refractivity contribution in [1.29, 1.82) is 0 Å². The molecule has 0 atom stereocenters. The zero-order valence-electron chi connectivity index (χ0n) is 17.9. The molecule has 0 aliphatic carbocycles. The highest BCUT2D eigenvalue weighted by atomic mass is 19.4. The molecular formula is C23H29F3N4. The van der Waals surface area contributed by atoms with Gasteiger partial charge >= 0.3 is 6.18 Å². The van der Waals surface area contributed by atoms with Crippen LogP contribution in [0.5, 0.6) is 0 Å². The van der Waals surface area contributed by atoms with Gasteiger partial charge < -0.3 is 15.1 Å². The first-order valence-electron chi connectivity index (χ1n) is 10.8. The van der Waals surface area contributed by atoms with Crippen molar-refractivity contribution in [1.82, 2.24) is 15.1 Å². The number of nitrogens with one attached hydrogen (secondary N) is 1. The largest absolute Gasteiger partial charge is 0.416 e. The van der Waals surface area contributed by atoms with E-state index in [1.165, 1.54) is 28.9 Å². The first kappa shape index (κ1) is 21.0. The molecular weight excluding hydrogens is 389 g/mol. The van der Waals surface area contributed by atoms with Crippen molar-refractivity contribution in [3.05, 3.63) is 46.0 Å².